The summed E-state index contributed by atoms with van der Waals surface area (Å²) in [6.07, 6.45) is 1.90. The first-order valence-electron chi connectivity index (χ1n) is 7.10. The van der Waals surface area contributed by atoms with Gasteiger partial charge in [-0.2, -0.15) is 0 Å². The molecule has 0 saturated heterocycles. The number of ether oxygens (including phenoxy) is 1. The predicted octanol–water partition coefficient (Wildman–Crippen LogP) is 2.89. The van der Waals surface area contributed by atoms with E-state index in [-0.39, 0.29) is 4.99 Å². The number of H-pyrrole nitrogens is 1. The number of thiocarbonyl (C=S) groups is 1. The van der Waals surface area contributed by atoms with E-state index in [1.165, 1.54) is 0 Å². The highest BCUT2D eigenvalue weighted by molar-refractivity contribution is 7.80. The first-order valence-corrected chi connectivity index (χ1v) is 7.51. The number of carbonyl (C=O) groups excluding carboxylic acids is 1. The first kappa shape index (κ1) is 16.3. The molecule has 1 atom stereocenters. The van der Waals surface area contributed by atoms with E-state index in [0.29, 0.717) is 6.42 Å². The number of aromatic nitrogens is 1. The van der Waals surface area contributed by atoms with Crippen LogP contribution >= 0.6 is 12.2 Å². The van der Waals surface area contributed by atoms with E-state index in [1.807, 2.05) is 51.2 Å². The molecule has 4 N–H and O–H groups in total. The third-order valence-corrected chi connectivity index (χ3v) is 3.42. The van der Waals surface area contributed by atoms with Crippen molar-refractivity contribution in [3.63, 3.8) is 0 Å². The van der Waals surface area contributed by atoms with E-state index < -0.39 is 17.7 Å². The number of nitrogens with two attached hydrogens (primary N) is 1. The maximum atomic E-state index is 11.9. The van der Waals surface area contributed by atoms with Crippen LogP contribution in [0.5, 0.6) is 0 Å². The van der Waals surface area contributed by atoms with Crippen LogP contribution in [0.4, 0.5) is 4.79 Å². The molecule has 1 aromatic carbocycles. The highest BCUT2D eigenvalue weighted by Gasteiger charge is 2.22. The van der Waals surface area contributed by atoms with Crippen molar-refractivity contribution >= 4 is 34.2 Å². The zero-order valence-corrected chi connectivity index (χ0v) is 13.8. The van der Waals surface area contributed by atoms with Gasteiger partial charge in [-0.3, -0.25) is 0 Å². The fraction of sp³-hybridized carbons (Fsp3) is 0.375. The molecule has 0 fully saturated rings. The molecule has 118 valence electrons. The molecule has 2 aromatic rings. The molecule has 1 aromatic heterocycles. The highest BCUT2D eigenvalue weighted by atomic mass is 32.1. The SMILES string of the molecule is CC(C)(C)OC(=O)N[C@H](Cc1c[nH]c2ccccc12)C(N)=S. The van der Waals surface area contributed by atoms with Gasteiger partial charge in [0.2, 0.25) is 0 Å². The van der Waals surface area contributed by atoms with Crippen LogP contribution in [-0.4, -0.2) is 27.7 Å². The molecular weight excluding hydrogens is 298 g/mol. The molecule has 6 heteroatoms. The minimum Gasteiger partial charge on any atom is -0.444 e. The van der Waals surface area contributed by atoms with E-state index >= 15 is 0 Å². The van der Waals surface area contributed by atoms with E-state index in [0.717, 1.165) is 16.5 Å². The minimum atomic E-state index is -0.564. The normalized spacial score (nSPS) is 12.9. The summed E-state index contributed by atoms with van der Waals surface area (Å²) in [6, 6.07) is 7.49. The summed E-state index contributed by atoms with van der Waals surface area (Å²) in [5.41, 5.74) is 7.28. The molecule has 0 radical (unpaired) electrons. The van der Waals surface area contributed by atoms with Gasteiger partial charge in [0, 0.05) is 23.5 Å². The fourth-order valence-corrected chi connectivity index (χ4v) is 2.34. The second-order valence-corrected chi connectivity index (χ2v) is 6.64. The first-order chi connectivity index (χ1) is 10.3. The number of hydrogen-bond acceptors (Lipinski definition) is 3. The number of fused-ring (bicyclic) bond motifs is 1. The lowest BCUT2D eigenvalue weighted by atomic mass is 10.1. The molecule has 0 aliphatic heterocycles. The smallest absolute Gasteiger partial charge is 0.408 e. The van der Waals surface area contributed by atoms with E-state index in [9.17, 15) is 4.79 Å². The summed E-state index contributed by atoms with van der Waals surface area (Å²) < 4.78 is 5.25. The monoisotopic (exact) mass is 319 g/mol. The molecule has 1 heterocycles. The summed E-state index contributed by atoms with van der Waals surface area (Å²) in [7, 11) is 0. The Labute approximate surface area is 135 Å². The summed E-state index contributed by atoms with van der Waals surface area (Å²) in [4.78, 5) is 15.3. The van der Waals surface area contributed by atoms with Gasteiger partial charge in [0.05, 0.1) is 11.0 Å². The van der Waals surface area contributed by atoms with E-state index in [4.69, 9.17) is 22.7 Å². The number of aromatic amines is 1. The lowest BCUT2D eigenvalue weighted by Crippen LogP contribution is -2.46. The Hall–Kier alpha value is -2.08. The number of hydrogen-bond donors (Lipinski definition) is 3. The molecule has 0 aliphatic carbocycles. The van der Waals surface area contributed by atoms with Crippen LogP contribution in [0.15, 0.2) is 30.5 Å². The van der Waals surface area contributed by atoms with Crippen molar-refractivity contribution in [1.82, 2.24) is 10.3 Å². The van der Waals surface area contributed by atoms with Crippen molar-refractivity contribution in [1.29, 1.82) is 0 Å². The van der Waals surface area contributed by atoms with Gasteiger partial charge in [0.25, 0.3) is 0 Å². The lowest BCUT2D eigenvalue weighted by Gasteiger charge is -2.23. The van der Waals surface area contributed by atoms with Crippen molar-refractivity contribution in [2.75, 3.05) is 0 Å². The van der Waals surface area contributed by atoms with Gasteiger partial charge in [-0.15, -0.1) is 0 Å². The van der Waals surface area contributed by atoms with Gasteiger partial charge < -0.3 is 20.8 Å². The van der Waals surface area contributed by atoms with Crippen LogP contribution in [0.3, 0.4) is 0 Å². The van der Waals surface area contributed by atoms with Crippen LogP contribution < -0.4 is 11.1 Å². The van der Waals surface area contributed by atoms with Gasteiger partial charge in [-0.25, -0.2) is 4.79 Å². The quantitative estimate of drug-likeness (QED) is 0.757. The van der Waals surface area contributed by atoms with Crippen molar-refractivity contribution < 1.29 is 9.53 Å². The second kappa shape index (κ2) is 6.36. The second-order valence-electron chi connectivity index (χ2n) is 6.16. The van der Waals surface area contributed by atoms with Gasteiger partial charge in [-0.05, 0) is 32.4 Å². The molecule has 0 aliphatic rings. The van der Waals surface area contributed by atoms with Crippen molar-refractivity contribution in [2.45, 2.75) is 38.8 Å². The van der Waals surface area contributed by atoms with Crippen LogP contribution in [0, 0.1) is 0 Å². The number of alkyl carbamates (subject to hydrolysis) is 1. The summed E-state index contributed by atoms with van der Waals surface area (Å²) in [5, 5.41) is 3.83. The van der Waals surface area contributed by atoms with Crippen molar-refractivity contribution in [3.05, 3.63) is 36.0 Å². The lowest BCUT2D eigenvalue weighted by molar-refractivity contribution is 0.0518. The predicted molar refractivity (Wildman–Crippen MR) is 91.9 cm³/mol. The van der Waals surface area contributed by atoms with Gasteiger partial charge >= 0.3 is 6.09 Å². The molecule has 0 spiro atoms. The number of carbonyl (C=O) groups is 1. The maximum Gasteiger partial charge on any atom is 0.408 e. The molecule has 2 rings (SSSR count). The number of para-hydroxylation sites is 1. The average molecular weight is 319 g/mol. The van der Waals surface area contributed by atoms with E-state index in [2.05, 4.69) is 10.3 Å². The standard InChI is InChI=1S/C16H21N3O2S/c1-16(2,3)21-15(20)19-13(14(17)22)8-10-9-18-12-7-5-4-6-11(10)12/h4-7,9,13,18H,8H2,1-3H3,(H2,17,22)(H,19,20)/t13-/m1/s1. The highest BCUT2D eigenvalue weighted by Crippen LogP contribution is 2.19. The zero-order valence-electron chi connectivity index (χ0n) is 13.0. The van der Waals surface area contributed by atoms with Crippen LogP contribution in [-0.2, 0) is 11.2 Å². The van der Waals surface area contributed by atoms with Gasteiger partial charge in [-0.1, -0.05) is 30.4 Å². The Bertz CT molecular complexity index is 688. The molecule has 5 nitrogen and oxygen atoms in total. The van der Waals surface area contributed by atoms with Crippen molar-refractivity contribution in [2.24, 2.45) is 5.73 Å². The Balaban J connectivity index is 2.12. The van der Waals surface area contributed by atoms with Gasteiger partial charge in [0.15, 0.2) is 0 Å². The largest absolute Gasteiger partial charge is 0.444 e. The molecule has 1 amide bonds. The Morgan fingerprint density at radius 2 is 2.09 bits per heavy atom. The Morgan fingerprint density at radius 3 is 2.73 bits per heavy atom. The summed E-state index contributed by atoms with van der Waals surface area (Å²) in [6.45, 7) is 5.42. The fourth-order valence-electron chi connectivity index (χ4n) is 2.19. The summed E-state index contributed by atoms with van der Waals surface area (Å²) >= 11 is 5.07. The van der Waals surface area contributed by atoms with Crippen molar-refractivity contribution in [3.8, 4) is 0 Å². The third-order valence-electron chi connectivity index (χ3n) is 3.13. The van der Waals surface area contributed by atoms with Crippen LogP contribution in [0.2, 0.25) is 0 Å². The van der Waals surface area contributed by atoms with Crippen LogP contribution in [0.1, 0.15) is 26.3 Å². The maximum absolute atomic E-state index is 11.9. The number of nitrogens with one attached hydrogen (secondary N) is 2. The topological polar surface area (TPSA) is 80.1 Å². The number of benzene rings is 1. The molecule has 0 unspecified atom stereocenters. The molecule has 22 heavy (non-hydrogen) atoms. The van der Waals surface area contributed by atoms with E-state index in [1.54, 1.807) is 0 Å². The van der Waals surface area contributed by atoms with Gasteiger partial charge in [0.1, 0.15) is 5.60 Å². The third kappa shape index (κ3) is 4.21. The molecular formula is C16H21N3O2S. The Morgan fingerprint density at radius 1 is 1.41 bits per heavy atom. The molecule has 0 bridgehead atoms. The zero-order chi connectivity index (χ0) is 16.3. The molecule has 0 saturated carbocycles. The minimum absolute atomic E-state index is 0.233. The average Bonchev–Trinajstić information content (AvgIpc) is 2.79. The Kier molecular flexibility index (Phi) is 4.71. The number of amides is 1. The summed E-state index contributed by atoms with van der Waals surface area (Å²) in [5.74, 6) is 0. The van der Waals surface area contributed by atoms with Crippen LogP contribution in [0.25, 0.3) is 10.9 Å². The number of rotatable bonds is 4.